The van der Waals surface area contributed by atoms with E-state index in [9.17, 15) is 13.2 Å². The molecule has 3 N–H and O–H groups in total. The number of carboxylic acids is 1. The zero-order valence-corrected chi connectivity index (χ0v) is 10.6. The molecule has 0 aliphatic carbocycles. The quantitative estimate of drug-likeness (QED) is 0.608. The molecule has 0 spiro atoms. The predicted octanol–water partition coefficient (Wildman–Crippen LogP) is 0.774. The van der Waals surface area contributed by atoms with Crippen molar-refractivity contribution in [2.75, 3.05) is 19.3 Å². The van der Waals surface area contributed by atoms with Gasteiger partial charge in [0.1, 0.15) is 0 Å². The van der Waals surface area contributed by atoms with Gasteiger partial charge in [0, 0.05) is 19.3 Å². The zero-order valence-electron chi connectivity index (χ0n) is 9.83. The summed E-state index contributed by atoms with van der Waals surface area (Å²) in [7, 11) is -2.52. The Hall–Kier alpha value is -1.86. The van der Waals surface area contributed by atoms with Crippen LogP contribution in [0.3, 0.4) is 0 Å². The number of benzene rings is 1. The molecule has 0 fully saturated rings. The number of nitrogens with zero attached hydrogens (tertiary/aromatic N) is 1. The van der Waals surface area contributed by atoms with E-state index >= 15 is 0 Å². The fourth-order valence-corrected chi connectivity index (χ4v) is 2.69. The van der Waals surface area contributed by atoms with Crippen molar-refractivity contribution in [2.45, 2.75) is 4.90 Å². The molecule has 0 bridgehead atoms. The molecule has 0 radical (unpaired) electrons. The number of nitrogen functional groups attached to an aromatic ring is 1. The molecule has 0 aliphatic rings. The van der Waals surface area contributed by atoms with E-state index in [1.54, 1.807) is 0 Å². The maximum Gasteiger partial charge on any atom is 0.337 e. The van der Waals surface area contributed by atoms with Gasteiger partial charge >= 0.3 is 5.97 Å². The highest BCUT2D eigenvalue weighted by Crippen LogP contribution is 2.21. The molecule has 98 valence electrons. The molecule has 0 saturated carbocycles. The van der Waals surface area contributed by atoms with Crippen LogP contribution in [0.5, 0.6) is 0 Å². The van der Waals surface area contributed by atoms with Gasteiger partial charge in [-0.1, -0.05) is 6.08 Å². The number of carboxylic acid groups (broad SMARTS) is 1. The summed E-state index contributed by atoms with van der Waals surface area (Å²) in [5.74, 6) is -1.34. The second kappa shape index (κ2) is 5.19. The Balaban J connectivity index is 3.41. The first-order chi connectivity index (χ1) is 8.30. The third-order valence-corrected chi connectivity index (χ3v) is 4.19. The third-order valence-electron chi connectivity index (χ3n) is 2.31. The fraction of sp³-hybridized carbons (Fsp3) is 0.182. The molecule has 0 unspecified atom stereocenters. The number of hydrogen-bond donors (Lipinski definition) is 2. The molecule has 7 heteroatoms. The van der Waals surface area contributed by atoms with E-state index < -0.39 is 16.0 Å². The number of sulfonamides is 1. The number of carbonyl (C=O) groups is 1. The van der Waals surface area contributed by atoms with Crippen LogP contribution in [-0.4, -0.2) is 37.4 Å². The minimum atomic E-state index is -3.87. The lowest BCUT2D eigenvalue weighted by atomic mass is 10.2. The molecule has 6 nitrogen and oxygen atoms in total. The van der Waals surface area contributed by atoms with Gasteiger partial charge in [-0.05, 0) is 18.2 Å². The van der Waals surface area contributed by atoms with Gasteiger partial charge in [0.2, 0.25) is 10.0 Å². The van der Waals surface area contributed by atoms with Crippen molar-refractivity contribution in [1.29, 1.82) is 0 Å². The molecular formula is C11H14N2O4S. The summed E-state index contributed by atoms with van der Waals surface area (Å²) in [6.45, 7) is 3.53. The summed E-state index contributed by atoms with van der Waals surface area (Å²) in [6.07, 6.45) is 1.41. The van der Waals surface area contributed by atoms with Gasteiger partial charge in [-0.3, -0.25) is 0 Å². The third kappa shape index (κ3) is 2.69. The molecule has 1 rings (SSSR count). The monoisotopic (exact) mass is 270 g/mol. The molecule has 0 heterocycles. The van der Waals surface area contributed by atoms with Gasteiger partial charge in [0.15, 0.2) is 0 Å². The minimum absolute atomic E-state index is 0.0891. The second-order valence-corrected chi connectivity index (χ2v) is 5.65. The highest BCUT2D eigenvalue weighted by atomic mass is 32.2. The zero-order chi connectivity index (χ0) is 13.9. The normalized spacial score (nSPS) is 11.4. The lowest BCUT2D eigenvalue weighted by molar-refractivity contribution is 0.0692. The first-order valence-corrected chi connectivity index (χ1v) is 6.44. The van der Waals surface area contributed by atoms with Crippen molar-refractivity contribution >= 4 is 21.7 Å². The number of nitrogens with two attached hydrogens (primary N) is 1. The first kappa shape index (κ1) is 14.2. The highest BCUT2D eigenvalue weighted by Gasteiger charge is 2.25. The van der Waals surface area contributed by atoms with E-state index in [1.165, 1.54) is 25.3 Å². The molecular weight excluding hydrogens is 256 g/mol. The number of anilines is 1. The van der Waals surface area contributed by atoms with Crippen LogP contribution >= 0.6 is 0 Å². The van der Waals surface area contributed by atoms with Crippen molar-refractivity contribution in [2.24, 2.45) is 0 Å². The number of likely N-dealkylation sites (N-methyl/N-ethyl adjacent to an activating group) is 1. The Labute approximate surface area is 105 Å². The van der Waals surface area contributed by atoms with Crippen molar-refractivity contribution in [3.8, 4) is 0 Å². The molecule has 0 saturated heterocycles. The molecule has 1 aromatic rings. The van der Waals surface area contributed by atoms with Gasteiger partial charge in [-0.2, -0.15) is 4.31 Å². The maximum absolute atomic E-state index is 12.1. The second-order valence-electron chi connectivity index (χ2n) is 3.63. The molecule has 18 heavy (non-hydrogen) atoms. The van der Waals surface area contributed by atoms with Gasteiger partial charge < -0.3 is 10.8 Å². The van der Waals surface area contributed by atoms with Gasteiger partial charge in [0.05, 0.1) is 10.5 Å². The lowest BCUT2D eigenvalue weighted by Gasteiger charge is -2.16. The SMILES string of the molecule is C=CCN(C)S(=O)(=O)c1ccc(N)cc1C(=O)O. The Morgan fingerprint density at radius 1 is 1.56 bits per heavy atom. The average Bonchev–Trinajstić information content (AvgIpc) is 2.28. The van der Waals surface area contributed by atoms with E-state index in [1.807, 2.05) is 0 Å². The number of aromatic carboxylic acids is 1. The van der Waals surface area contributed by atoms with Crippen LogP contribution in [0.4, 0.5) is 5.69 Å². The van der Waals surface area contributed by atoms with Crippen LogP contribution in [-0.2, 0) is 10.0 Å². The summed E-state index contributed by atoms with van der Waals surface area (Å²) in [5.41, 5.74) is 5.31. The predicted molar refractivity (Wildman–Crippen MR) is 67.8 cm³/mol. The number of rotatable bonds is 5. The fourth-order valence-electron chi connectivity index (χ4n) is 1.39. The van der Waals surface area contributed by atoms with Gasteiger partial charge in [0.25, 0.3) is 0 Å². The maximum atomic E-state index is 12.1. The molecule has 0 atom stereocenters. The Kier molecular flexibility index (Phi) is 4.10. The van der Waals surface area contributed by atoms with Crippen LogP contribution in [0.2, 0.25) is 0 Å². The average molecular weight is 270 g/mol. The molecule has 0 aromatic heterocycles. The Morgan fingerprint density at radius 2 is 2.17 bits per heavy atom. The van der Waals surface area contributed by atoms with E-state index in [0.717, 1.165) is 10.4 Å². The van der Waals surface area contributed by atoms with Crippen LogP contribution in [0.1, 0.15) is 10.4 Å². The van der Waals surface area contributed by atoms with Crippen molar-refractivity contribution in [3.63, 3.8) is 0 Å². The van der Waals surface area contributed by atoms with Crippen molar-refractivity contribution < 1.29 is 18.3 Å². The van der Waals surface area contributed by atoms with Crippen LogP contribution in [0.25, 0.3) is 0 Å². The highest BCUT2D eigenvalue weighted by molar-refractivity contribution is 7.89. The van der Waals surface area contributed by atoms with E-state index in [-0.39, 0.29) is 22.7 Å². The summed E-state index contributed by atoms with van der Waals surface area (Å²) < 4.78 is 25.3. The van der Waals surface area contributed by atoms with E-state index in [4.69, 9.17) is 10.8 Å². The molecule has 0 amide bonds. The van der Waals surface area contributed by atoms with Crippen LogP contribution in [0, 0.1) is 0 Å². The smallest absolute Gasteiger partial charge is 0.337 e. The minimum Gasteiger partial charge on any atom is -0.478 e. The largest absolute Gasteiger partial charge is 0.478 e. The van der Waals surface area contributed by atoms with Crippen LogP contribution in [0.15, 0.2) is 35.7 Å². The Bertz CT molecular complexity index is 581. The van der Waals surface area contributed by atoms with Crippen molar-refractivity contribution in [1.82, 2.24) is 4.31 Å². The number of hydrogen-bond acceptors (Lipinski definition) is 4. The summed E-state index contributed by atoms with van der Waals surface area (Å²) in [6, 6.07) is 3.66. The van der Waals surface area contributed by atoms with Gasteiger partial charge in [-0.25, -0.2) is 13.2 Å². The first-order valence-electron chi connectivity index (χ1n) is 5.00. The molecule has 1 aromatic carbocycles. The summed E-state index contributed by atoms with van der Waals surface area (Å²) in [4.78, 5) is 10.8. The summed E-state index contributed by atoms with van der Waals surface area (Å²) >= 11 is 0. The molecule has 0 aliphatic heterocycles. The lowest BCUT2D eigenvalue weighted by Crippen LogP contribution is -2.28. The van der Waals surface area contributed by atoms with Crippen molar-refractivity contribution in [3.05, 3.63) is 36.4 Å². The van der Waals surface area contributed by atoms with E-state index in [2.05, 4.69) is 6.58 Å². The summed E-state index contributed by atoms with van der Waals surface area (Å²) in [5, 5.41) is 9.01. The Morgan fingerprint density at radius 3 is 2.67 bits per heavy atom. The van der Waals surface area contributed by atoms with Gasteiger partial charge in [-0.15, -0.1) is 6.58 Å². The standard InChI is InChI=1S/C11H14N2O4S/c1-3-6-13(2)18(16,17)10-5-4-8(12)7-9(10)11(14)15/h3-5,7H,1,6,12H2,2H3,(H,14,15). The topological polar surface area (TPSA) is 101 Å². The van der Waals surface area contributed by atoms with E-state index in [0.29, 0.717) is 0 Å². The van der Waals surface area contributed by atoms with Crippen LogP contribution < -0.4 is 5.73 Å².